The molecule has 0 aliphatic heterocycles. The molecule has 4 N–H and O–H groups in total. The largest absolute Gasteiger partial charge is 0.477 e. The molecule has 1 heterocycles. The number of fused-ring (bicyclic) bond motifs is 1. The predicted molar refractivity (Wildman–Crippen MR) is 71.5 cm³/mol. The molecule has 0 aliphatic rings. The number of aliphatic hydroxyl groups is 3. The summed E-state index contributed by atoms with van der Waals surface area (Å²) in [5, 5.41) is 38.2. The van der Waals surface area contributed by atoms with Crippen molar-refractivity contribution in [3.05, 3.63) is 34.7 Å². The Morgan fingerprint density at radius 3 is 2.68 bits per heavy atom. The Bertz CT molecular complexity index is 592. The summed E-state index contributed by atoms with van der Waals surface area (Å²) in [6.07, 6.45) is -2.16. The molecule has 2 aromatic rings. The molecule has 5 nitrogen and oxygen atoms in total. The van der Waals surface area contributed by atoms with Crippen LogP contribution in [0.25, 0.3) is 10.1 Å². The minimum Gasteiger partial charge on any atom is -0.477 e. The van der Waals surface area contributed by atoms with Crippen molar-refractivity contribution in [3.8, 4) is 0 Å². The molecule has 0 saturated carbocycles. The van der Waals surface area contributed by atoms with Gasteiger partial charge in [0.15, 0.2) is 0 Å². The second-order valence-corrected chi connectivity index (χ2v) is 5.28. The lowest BCUT2D eigenvalue weighted by atomic mass is 9.99. The Hall–Kier alpha value is -1.47. The fourth-order valence-electron chi connectivity index (χ4n) is 1.94. The zero-order valence-electron chi connectivity index (χ0n) is 9.98. The molecule has 0 aliphatic carbocycles. The lowest BCUT2D eigenvalue weighted by Crippen LogP contribution is -2.19. The number of carboxylic acids is 1. The van der Waals surface area contributed by atoms with Crippen molar-refractivity contribution in [2.24, 2.45) is 0 Å². The highest BCUT2D eigenvalue weighted by atomic mass is 32.1. The van der Waals surface area contributed by atoms with Crippen molar-refractivity contribution >= 4 is 27.4 Å². The highest BCUT2D eigenvalue weighted by Crippen LogP contribution is 2.33. The minimum absolute atomic E-state index is 0.0630. The molecule has 2 unspecified atom stereocenters. The van der Waals surface area contributed by atoms with Crippen molar-refractivity contribution in [1.29, 1.82) is 0 Å². The molecule has 0 saturated heterocycles. The van der Waals surface area contributed by atoms with Gasteiger partial charge in [-0.1, -0.05) is 12.1 Å². The molecule has 2 atom stereocenters. The van der Waals surface area contributed by atoms with E-state index >= 15 is 0 Å². The van der Waals surface area contributed by atoms with Crippen LogP contribution in [0.15, 0.2) is 24.3 Å². The van der Waals surface area contributed by atoms with E-state index < -0.39 is 18.2 Å². The number of benzene rings is 1. The summed E-state index contributed by atoms with van der Waals surface area (Å²) in [7, 11) is 0. The molecule has 0 amide bonds. The van der Waals surface area contributed by atoms with Crippen LogP contribution in [0.5, 0.6) is 0 Å². The third-order valence-electron chi connectivity index (χ3n) is 2.91. The third kappa shape index (κ3) is 2.76. The number of aliphatic hydroxyl groups excluding tert-OH is 3. The number of hydrogen-bond donors (Lipinski definition) is 4. The van der Waals surface area contributed by atoms with Crippen LogP contribution in [0.2, 0.25) is 0 Å². The van der Waals surface area contributed by atoms with E-state index in [1.54, 1.807) is 18.2 Å². The van der Waals surface area contributed by atoms with Gasteiger partial charge in [-0.3, -0.25) is 0 Å². The van der Waals surface area contributed by atoms with Crippen molar-refractivity contribution in [2.75, 3.05) is 6.61 Å². The SMILES string of the molecule is O=C(O)c1cc2c(C(O)C(O)CCO)cccc2s1. The van der Waals surface area contributed by atoms with Crippen LogP contribution in [0.4, 0.5) is 0 Å². The summed E-state index contributed by atoms with van der Waals surface area (Å²) < 4.78 is 0.741. The normalized spacial score (nSPS) is 14.5. The van der Waals surface area contributed by atoms with E-state index in [1.165, 1.54) is 6.07 Å². The molecule has 102 valence electrons. The average molecular weight is 282 g/mol. The zero-order chi connectivity index (χ0) is 14.0. The summed E-state index contributed by atoms with van der Waals surface area (Å²) in [4.78, 5) is 11.1. The van der Waals surface area contributed by atoms with Gasteiger partial charge in [0.05, 0.1) is 6.10 Å². The lowest BCUT2D eigenvalue weighted by molar-refractivity contribution is 0.00501. The Morgan fingerprint density at radius 1 is 1.32 bits per heavy atom. The third-order valence-corrected chi connectivity index (χ3v) is 4.00. The second kappa shape index (κ2) is 5.66. The highest BCUT2D eigenvalue weighted by Gasteiger charge is 2.21. The zero-order valence-corrected chi connectivity index (χ0v) is 10.8. The smallest absolute Gasteiger partial charge is 0.345 e. The van der Waals surface area contributed by atoms with Gasteiger partial charge < -0.3 is 20.4 Å². The van der Waals surface area contributed by atoms with Gasteiger partial charge in [-0.2, -0.15) is 0 Å². The van der Waals surface area contributed by atoms with Crippen LogP contribution in [0.3, 0.4) is 0 Å². The fourth-order valence-corrected chi connectivity index (χ4v) is 2.88. The van der Waals surface area contributed by atoms with Gasteiger partial charge in [0.25, 0.3) is 0 Å². The molecule has 0 fully saturated rings. The quantitative estimate of drug-likeness (QED) is 0.664. The van der Waals surface area contributed by atoms with Crippen molar-refractivity contribution in [3.63, 3.8) is 0 Å². The second-order valence-electron chi connectivity index (χ2n) is 4.20. The van der Waals surface area contributed by atoms with Crippen LogP contribution in [-0.4, -0.2) is 39.1 Å². The number of thiophene rings is 1. The van der Waals surface area contributed by atoms with Crippen LogP contribution in [0, 0.1) is 0 Å². The molecule has 0 spiro atoms. The number of aromatic carboxylic acids is 1. The van der Waals surface area contributed by atoms with Gasteiger partial charge in [0, 0.05) is 11.3 Å². The molecule has 6 heteroatoms. The molecule has 19 heavy (non-hydrogen) atoms. The van der Waals surface area contributed by atoms with Gasteiger partial charge >= 0.3 is 5.97 Å². The Labute approximate surface area is 113 Å². The Balaban J connectivity index is 2.45. The molecular weight excluding hydrogens is 268 g/mol. The summed E-state index contributed by atoms with van der Waals surface area (Å²) >= 11 is 1.12. The molecule has 1 aromatic heterocycles. The summed E-state index contributed by atoms with van der Waals surface area (Å²) in [5.41, 5.74) is 0.474. The van der Waals surface area contributed by atoms with E-state index in [1.807, 2.05) is 0 Å². The first-order valence-electron chi connectivity index (χ1n) is 5.77. The average Bonchev–Trinajstić information content (AvgIpc) is 2.82. The lowest BCUT2D eigenvalue weighted by Gasteiger charge is -2.18. The first kappa shape index (κ1) is 14.0. The first-order chi connectivity index (χ1) is 9.04. The topological polar surface area (TPSA) is 98.0 Å². The van der Waals surface area contributed by atoms with Crippen LogP contribution >= 0.6 is 11.3 Å². The van der Waals surface area contributed by atoms with E-state index in [0.717, 1.165) is 16.0 Å². The molecule has 1 aromatic carbocycles. The predicted octanol–water partition coefficient (Wildman–Crippen LogP) is 1.38. The fraction of sp³-hybridized carbons (Fsp3) is 0.308. The van der Waals surface area contributed by atoms with Crippen molar-refractivity contribution in [2.45, 2.75) is 18.6 Å². The van der Waals surface area contributed by atoms with Gasteiger partial charge in [-0.15, -0.1) is 11.3 Å². The maximum Gasteiger partial charge on any atom is 0.345 e. The van der Waals surface area contributed by atoms with Gasteiger partial charge in [0.1, 0.15) is 11.0 Å². The number of hydrogen-bond acceptors (Lipinski definition) is 5. The number of carbonyl (C=O) groups is 1. The van der Waals surface area contributed by atoms with E-state index in [0.29, 0.717) is 10.9 Å². The number of rotatable bonds is 5. The number of carboxylic acid groups (broad SMARTS) is 1. The maximum atomic E-state index is 11.0. The molecular formula is C13H14O5S. The van der Waals surface area contributed by atoms with Crippen LogP contribution < -0.4 is 0 Å². The Kier molecular flexibility index (Phi) is 4.16. The van der Waals surface area contributed by atoms with E-state index in [4.69, 9.17) is 10.2 Å². The van der Waals surface area contributed by atoms with E-state index in [2.05, 4.69) is 0 Å². The van der Waals surface area contributed by atoms with E-state index in [-0.39, 0.29) is 17.9 Å². The van der Waals surface area contributed by atoms with Crippen molar-refractivity contribution in [1.82, 2.24) is 0 Å². The first-order valence-corrected chi connectivity index (χ1v) is 6.59. The monoisotopic (exact) mass is 282 g/mol. The van der Waals surface area contributed by atoms with E-state index in [9.17, 15) is 15.0 Å². The summed E-state index contributed by atoms with van der Waals surface area (Å²) in [6.45, 7) is -0.224. The standard InChI is InChI=1S/C13H14O5S/c14-5-4-9(15)12(16)7-2-1-3-10-8(7)6-11(19-10)13(17)18/h1-3,6,9,12,14-16H,4-5H2,(H,17,18). The summed E-state index contributed by atoms with van der Waals surface area (Å²) in [6, 6.07) is 6.61. The highest BCUT2D eigenvalue weighted by molar-refractivity contribution is 7.20. The molecule has 0 bridgehead atoms. The molecule has 0 radical (unpaired) electrons. The van der Waals surface area contributed by atoms with Gasteiger partial charge in [-0.25, -0.2) is 4.79 Å². The van der Waals surface area contributed by atoms with Crippen LogP contribution in [-0.2, 0) is 0 Å². The van der Waals surface area contributed by atoms with Crippen LogP contribution in [0.1, 0.15) is 27.8 Å². The minimum atomic E-state index is -1.15. The van der Waals surface area contributed by atoms with Gasteiger partial charge in [0.2, 0.25) is 0 Å². The van der Waals surface area contributed by atoms with Crippen molar-refractivity contribution < 1.29 is 25.2 Å². The summed E-state index contributed by atoms with van der Waals surface area (Å²) in [5.74, 6) is -1.02. The van der Waals surface area contributed by atoms with Gasteiger partial charge in [-0.05, 0) is 29.5 Å². The maximum absolute atomic E-state index is 11.0. The Morgan fingerprint density at radius 2 is 2.05 bits per heavy atom. The molecule has 2 rings (SSSR count).